The second kappa shape index (κ2) is 8.16. The predicted molar refractivity (Wildman–Crippen MR) is 116 cm³/mol. The second-order valence-corrected chi connectivity index (χ2v) is 8.17. The molecule has 3 aromatic rings. The van der Waals surface area contributed by atoms with Crippen LogP contribution >= 0.6 is 0 Å². The Morgan fingerprint density at radius 3 is 2.47 bits per heavy atom. The van der Waals surface area contributed by atoms with Gasteiger partial charge in [0.2, 0.25) is 5.91 Å². The molecule has 0 saturated carbocycles. The zero-order valence-electron chi connectivity index (χ0n) is 17.3. The molecule has 2 aromatic carbocycles. The Morgan fingerprint density at radius 2 is 1.78 bits per heavy atom. The van der Waals surface area contributed by atoms with Crippen molar-refractivity contribution < 1.29 is 19.1 Å². The Balaban J connectivity index is 1.40. The summed E-state index contributed by atoms with van der Waals surface area (Å²) in [6.45, 7) is 0.233. The van der Waals surface area contributed by atoms with E-state index in [0.717, 1.165) is 11.1 Å². The highest BCUT2D eigenvalue weighted by molar-refractivity contribution is 5.97. The molecule has 1 N–H and O–H groups in total. The normalized spacial score (nSPS) is 22.3. The van der Waals surface area contributed by atoms with Gasteiger partial charge in [0.05, 0.1) is 18.7 Å². The van der Waals surface area contributed by atoms with Crippen LogP contribution in [0.4, 0.5) is 4.39 Å². The summed E-state index contributed by atoms with van der Waals surface area (Å²) in [5.74, 6) is -0.762. The van der Waals surface area contributed by atoms with Gasteiger partial charge in [-0.25, -0.2) is 4.39 Å². The zero-order chi connectivity index (χ0) is 22.2. The van der Waals surface area contributed by atoms with E-state index in [0.29, 0.717) is 17.7 Å². The number of hydrogen-bond donors (Lipinski definition) is 1. The summed E-state index contributed by atoms with van der Waals surface area (Å²) in [4.78, 5) is 32.9. The first-order valence-electron chi connectivity index (χ1n) is 10.5. The smallest absolute Gasteiger partial charge is 0.254 e. The number of piperazine rings is 1. The molecule has 0 spiro atoms. The number of aromatic nitrogens is 1. The first-order valence-corrected chi connectivity index (χ1v) is 10.5. The van der Waals surface area contributed by atoms with Gasteiger partial charge in [-0.15, -0.1) is 0 Å². The molecule has 0 unspecified atom stereocenters. The maximum atomic E-state index is 14.1. The highest BCUT2D eigenvalue weighted by Gasteiger charge is 2.54. The largest absolute Gasteiger partial charge is 0.394 e. The first kappa shape index (κ1) is 20.3. The monoisotopic (exact) mass is 431 g/mol. The number of rotatable bonds is 4. The highest BCUT2D eigenvalue weighted by Crippen LogP contribution is 2.43. The molecule has 5 rings (SSSR count). The van der Waals surface area contributed by atoms with E-state index < -0.39 is 0 Å². The summed E-state index contributed by atoms with van der Waals surface area (Å²) < 4.78 is 14.1. The van der Waals surface area contributed by atoms with Crippen molar-refractivity contribution in [3.8, 4) is 11.1 Å². The molecule has 1 aromatic heterocycles. The fourth-order valence-electron chi connectivity index (χ4n) is 4.91. The maximum Gasteiger partial charge on any atom is 0.254 e. The van der Waals surface area contributed by atoms with Gasteiger partial charge in [-0.1, -0.05) is 42.5 Å². The van der Waals surface area contributed by atoms with Gasteiger partial charge < -0.3 is 14.9 Å². The van der Waals surface area contributed by atoms with E-state index in [2.05, 4.69) is 4.98 Å². The van der Waals surface area contributed by atoms with Crippen LogP contribution < -0.4 is 0 Å². The number of benzene rings is 2. The molecule has 2 amide bonds. The van der Waals surface area contributed by atoms with Crippen LogP contribution in [0.25, 0.3) is 11.1 Å². The minimum absolute atomic E-state index is 0.00685. The number of hydrogen-bond acceptors (Lipinski definition) is 4. The molecule has 2 aliphatic rings. The van der Waals surface area contributed by atoms with Gasteiger partial charge in [-0.3, -0.25) is 14.6 Å². The Hall–Kier alpha value is -3.58. The van der Waals surface area contributed by atoms with Gasteiger partial charge in [0.15, 0.2) is 0 Å². The van der Waals surface area contributed by atoms with Crippen LogP contribution in [0.2, 0.25) is 0 Å². The highest BCUT2D eigenvalue weighted by atomic mass is 19.1. The first-order chi connectivity index (χ1) is 15.6. The number of pyridine rings is 1. The number of aliphatic hydroxyl groups excluding tert-OH is 1. The van der Waals surface area contributed by atoms with Crippen LogP contribution in [0.3, 0.4) is 0 Å². The Labute approximate surface area is 184 Å². The molecule has 0 radical (unpaired) electrons. The average molecular weight is 431 g/mol. The van der Waals surface area contributed by atoms with Gasteiger partial charge in [0, 0.05) is 36.0 Å². The van der Waals surface area contributed by atoms with Crippen molar-refractivity contribution >= 4 is 11.8 Å². The molecule has 2 saturated heterocycles. The van der Waals surface area contributed by atoms with Crippen molar-refractivity contribution in [1.82, 2.24) is 14.8 Å². The van der Waals surface area contributed by atoms with E-state index in [4.69, 9.17) is 0 Å². The molecule has 2 aliphatic heterocycles. The minimum Gasteiger partial charge on any atom is -0.394 e. The van der Waals surface area contributed by atoms with Crippen LogP contribution in [-0.4, -0.2) is 63.5 Å². The predicted octanol–water partition coefficient (Wildman–Crippen LogP) is 2.70. The van der Waals surface area contributed by atoms with Crippen LogP contribution in [-0.2, 0) is 4.79 Å². The lowest BCUT2D eigenvalue weighted by Gasteiger charge is -2.58. The lowest BCUT2D eigenvalue weighted by Crippen LogP contribution is -2.73. The second-order valence-electron chi connectivity index (χ2n) is 8.17. The molecule has 0 aliphatic carbocycles. The number of amides is 2. The zero-order valence-corrected chi connectivity index (χ0v) is 17.3. The van der Waals surface area contributed by atoms with Gasteiger partial charge in [0.25, 0.3) is 5.91 Å². The van der Waals surface area contributed by atoms with Crippen LogP contribution in [0.5, 0.6) is 0 Å². The molecule has 3 atom stereocenters. The minimum atomic E-state index is -0.329. The Kier molecular flexibility index (Phi) is 5.19. The van der Waals surface area contributed by atoms with E-state index in [1.54, 1.807) is 52.5 Å². The van der Waals surface area contributed by atoms with Crippen LogP contribution in [0.15, 0.2) is 73.1 Å². The van der Waals surface area contributed by atoms with Crippen LogP contribution in [0, 0.1) is 5.82 Å². The summed E-state index contributed by atoms with van der Waals surface area (Å²) >= 11 is 0. The van der Waals surface area contributed by atoms with Gasteiger partial charge >= 0.3 is 0 Å². The summed E-state index contributed by atoms with van der Waals surface area (Å²) in [7, 11) is 0. The molecule has 3 heterocycles. The Bertz CT molecular complexity index is 1150. The lowest BCUT2D eigenvalue weighted by atomic mass is 9.73. The number of halogens is 1. The van der Waals surface area contributed by atoms with E-state index >= 15 is 0 Å². The van der Waals surface area contributed by atoms with Crippen molar-refractivity contribution in [1.29, 1.82) is 0 Å². The molecule has 2 fully saturated rings. The van der Waals surface area contributed by atoms with Gasteiger partial charge in [0.1, 0.15) is 12.4 Å². The van der Waals surface area contributed by atoms with Gasteiger partial charge in [-0.2, -0.15) is 0 Å². The summed E-state index contributed by atoms with van der Waals surface area (Å²) in [6.07, 6.45) is 3.10. The summed E-state index contributed by atoms with van der Waals surface area (Å²) in [6, 6.07) is 16.9. The van der Waals surface area contributed by atoms with Crippen molar-refractivity contribution in [3.63, 3.8) is 0 Å². The lowest BCUT2D eigenvalue weighted by molar-refractivity contribution is -0.159. The molecule has 32 heavy (non-hydrogen) atoms. The van der Waals surface area contributed by atoms with Crippen molar-refractivity contribution in [2.24, 2.45) is 0 Å². The number of aliphatic hydroxyl groups is 1. The third kappa shape index (κ3) is 3.35. The van der Waals surface area contributed by atoms with Crippen molar-refractivity contribution in [2.75, 3.05) is 19.7 Å². The summed E-state index contributed by atoms with van der Waals surface area (Å²) in [5.41, 5.74) is 2.73. The number of carbonyl (C=O) groups excluding carboxylic acids is 2. The topological polar surface area (TPSA) is 73.7 Å². The van der Waals surface area contributed by atoms with Crippen molar-refractivity contribution in [2.45, 2.75) is 18.0 Å². The molecular formula is C25H22FN3O3. The molecule has 0 bridgehead atoms. The van der Waals surface area contributed by atoms with E-state index in [1.165, 1.54) is 6.07 Å². The molecule has 6 nitrogen and oxygen atoms in total. The van der Waals surface area contributed by atoms with E-state index in [9.17, 15) is 19.1 Å². The van der Waals surface area contributed by atoms with E-state index in [1.807, 2.05) is 24.3 Å². The fourth-order valence-corrected chi connectivity index (χ4v) is 4.91. The van der Waals surface area contributed by atoms with E-state index in [-0.39, 0.29) is 48.8 Å². The summed E-state index contributed by atoms with van der Waals surface area (Å²) in [5, 5.41) is 9.97. The number of nitrogens with zero attached hydrogens (tertiary/aromatic N) is 3. The van der Waals surface area contributed by atoms with Gasteiger partial charge in [-0.05, 0) is 29.3 Å². The third-order valence-corrected chi connectivity index (χ3v) is 6.45. The molecule has 162 valence electrons. The SMILES string of the molecule is O=C(c1ccncc1)N1CC(=O)N2[C@H](CO)[C@@H](c3ccc(-c4ccccc4F)cc3)[C@@H]2C1. The Morgan fingerprint density at radius 1 is 1.06 bits per heavy atom. The number of fused-ring (bicyclic) bond motifs is 1. The number of carbonyl (C=O) groups is 2. The quantitative estimate of drug-likeness (QED) is 0.690. The molecule has 7 heteroatoms. The average Bonchev–Trinajstić information content (AvgIpc) is 2.81. The third-order valence-electron chi connectivity index (χ3n) is 6.45. The molecular weight excluding hydrogens is 409 g/mol. The van der Waals surface area contributed by atoms with Crippen LogP contribution in [0.1, 0.15) is 21.8 Å². The maximum absolute atomic E-state index is 14.1. The van der Waals surface area contributed by atoms with Crippen molar-refractivity contribution in [3.05, 3.63) is 90.0 Å². The standard InChI is InChI=1S/C25H22FN3O3/c26-20-4-2-1-3-19(20)16-5-7-17(8-6-16)24-21-13-28(14-23(31)29(21)22(24)15-30)25(32)18-9-11-27-12-10-18/h1-12,21-22,24,30H,13-15H2/t21-,22+,24-/m0/s1. The fraction of sp³-hybridized carbons (Fsp3) is 0.240.